The van der Waals surface area contributed by atoms with E-state index < -0.39 is 10.0 Å². The van der Waals surface area contributed by atoms with Gasteiger partial charge < -0.3 is 4.90 Å². The Labute approximate surface area is 126 Å². The number of amides is 1. The summed E-state index contributed by atoms with van der Waals surface area (Å²) in [5.74, 6) is 1.33. The average molecular weight is 322 g/mol. The highest BCUT2D eigenvalue weighted by Gasteiger charge is 2.27. The van der Waals surface area contributed by atoms with Crippen molar-refractivity contribution in [1.82, 2.24) is 4.90 Å². The highest BCUT2D eigenvalue weighted by atomic mass is 32.2. The lowest BCUT2D eigenvalue weighted by Gasteiger charge is -2.33. The molecule has 0 aromatic carbocycles. The fourth-order valence-corrected chi connectivity index (χ4v) is 4.47. The fraction of sp³-hybridized carbons (Fsp3) is 0.923. The van der Waals surface area contributed by atoms with E-state index in [1.165, 1.54) is 0 Å². The maximum absolute atomic E-state index is 12.2. The molecule has 1 saturated heterocycles. The van der Waals surface area contributed by atoms with Gasteiger partial charge in [-0.15, -0.1) is 11.8 Å². The van der Waals surface area contributed by atoms with Crippen molar-refractivity contribution in [1.29, 1.82) is 0 Å². The van der Waals surface area contributed by atoms with Crippen LogP contribution < -0.4 is 5.14 Å². The van der Waals surface area contributed by atoms with Gasteiger partial charge in [0.25, 0.3) is 0 Å². The van der Waals surface area contributed by atoms with Crippen molar-refractivity contribution >= 4 is 27.7 Å². The van der Waals surface area contributed by atoms with Crippen LogP contribution in [-0.2, 0) is 14.8 Å². The zero-order chi connectivity index (χ0) is 15.2. The number of carbonyl (C=O) groups excluding carboxylic acids is 1. The molecule has 1 atom stereocenters. The van der Waals surface area contributed by atoms with Crippen LogP contribution in [0.3, 0.4) is 0 Å². The Balaban J connectivity index is 2.35. The van der Waals surface area contributed by atoms with Crippen LogP contribution in [0, 0.1) is 5.92 Å². The van der Waals surface area contributed by atoms with Crippen molar-refractivity contribution in [2.75, 3.05) is 24.6 Å². The van der Waals surface area contributed by atoms with Crippen molar-refractivity contribution in [3.63, 3.8) is 0 Å². The van der Waals surface area contributed by atoms with Gasteiger partial charge in [0.1, 0.15) is 0 Å². The first-order valence-electron chi connectivity index (χ1n) is 7.24. The Bertz CT molecular complexity index is 404. The Hall–Kier alpha value is -0.270. The van der Waals surface area contributed by atoms with Gasteiger partial charge in [-0.3, -0.25) is 4.79 Å². The predicted molar refractivity (Wildman–Crippen MR) is 84.1 cm³/mol. The maximum Gasteiger partial charge on any atom is 0.235 e. The minimum absolute atomic E-state index is 0.00339. The summed E-state index contributed by atoms with van der Waals surface area (Å²) < 4.78 is 22.1. The van der Waals surface area contributed by atoms with E-state index in [2.05, 4.69) is 6.92 Å². The third kappa shape index (κ3) is 6.45. The minimum Gasteiger partial charge on any atom is -0.342 e. The van der Waals surface area contributed by atoms with E-state index in [0.717, 1.165) is 31.4 Å². The Morgan fingerprint density at radius 1 is 1.40 bits per heavy atom. The van der Waals surface area contributed by atoms with E-state index in [4.69, 9.17) is 5.14 Å². The third-order valence-corrected chi connectivity index (χ3v) is 5.77. The minimum atomic E-state index is -3.40. The van der Waals surface area contributed by atoms with E-state index in [-0.39, 0.29) is 22.8 Å². The molecule has 7 heteroatoms. The number of carbonyl (C=O) groups is 1. The van der Waals surface area contributed by atoms with Gasteiger partial charge in [-0.1, -0.05) is 13.3 Å². The molecule has 20 heavy (non-hydrogen) atoms. The van der Waals surface area contributed by atoms with Crippen molar-refractivity contribution in [3.8, 4) is 0 Å². The lowest BCUT2D eigenvalue weighted by atomic mass is 9.99. The summed E-state index contributed by atoms with van der Waals surface area (Å²) >= 11 is 1.71. The topological polar surface area (TPSA) is 80.5 Å². The first-order valence-corrected chi connectivity index (χ1v) is 10.0. The molecular weight excluding hydrogens is 296 g/mol. The molecular formula is C13H26N2O3S2. The molecule has 0 aliphatic carbocycles. The van der Waals surface area contributed by atoms with Crippen LogP contribution in [0.2, 0.25) is 0 Å². The van der Waals surface area contributed by atoms with Crippen LogP contribution in [0.25, 0.3) is 0 Å². The molecule has 0 saturated carbocycles. The first kappa shape index (κ1) is 17.8. The second-order valence-electron chi connectivity index (χ2n) is 5.46. The molecule has 1 unspecified atom stereocenters. The largest absolute Gasteiger partial charge is 0.342 e. The monoisotopic (exact) mass is 322 g/mol. The molecule has 118 valence electrons. The number of rotatable bonds is 7. The van der Waals surface area contributed by atoms with Crippen molar-refractivity contribution in [3.05, 3.63) is 0 Å². The summed E-state index contributed by atoms with van der Waals surface area (Å²) in [6.45, 7) is 5.40. The zero-order valence-electron chi connectivity index (χ0n) is 12.4. The summed E-state index contributed by atoms with van der Waals surface area (Å²) in [7, 11) is -3.40. The van der Waals surface area contributed by atoms with Crippen LogP contribution in [-0.4, -0.2) is 49.1 Å². The van der Waals surface area contributed by atoms with Crippen LogP contribution in [0.4, 0.5) is 0 Å². The summed E-state index contributed by atoms with van der Waals surface area (Å²) in [4.78, 5) is 14.1. The molecule has 0 spiro atoms. The van der Waals surface area contributed by atoms with Gasteiger partial charge in [0.05, 0.1) is 11.0 Å². The number of hydrogen-bond acceptors (Lipinski definition) is 4. The molecule has 0 aromatic rings. The van der Waals surface area contributed by atoms with Gasteiger partial charge in [0, 0.05) is 13.1 Å². The van der Waals surface area contributed by atoms with Gasteiger partial charge in [-0.25, -0.2) is 13.6 Å². The Morgan fingerprint density at radius 3 is 2.50 bits per heavy atom. The van der Waals surface area contributed by atoms with Crippen molar-refractivity contribution < 1.29 is 13.2 Å². The van der Waals surface area contributed by atoms with Crippen molar-refractivity contribution in [2.24, 2.45) is 11.1 Å². The second kappa shape index (κ2) is 8.24. The molecule has 1 heterocycles. The fourth-order valence-electron chi connectivity index (χ4n) is 2.38. The molecule has 0 bridgehead atoms. The number of hydrogen-bond donors (Lipinski definition) is 1. The molecule has 0 radical (unpaired) electrons. The van der Waals surface area contributed by atoms with Gasteiger partial charge in [-0.05, 0) is 37.9 Å². The summed E-state index contributed by atoms with van der Waals surface area (Å²) in [6.07, 6.45) is 3.74. The van der Waals surface area contributed by atoms with Gasteiger partial charge in [0.15, 0.2) is 0 Å². The molecule has 1 rings (SSSR count). The number of unbranched alkanes of at least 4 members (excludes halogenated alkanes) is 1. The highest BCUT2D eigenvalue weighted by molar-refractivity contribution is 8.00. The quantitative estimate of drug-likeness (QED) is 0.719. The van der Waals surface area contributed by atoms with Crippen LogP contribution in [0.15, 0.2) is 0 Å². The number of sulfonamides is 1. The smallest absolute Gasteiger partial charge is 0.235 e. The molecule has 1 amide bonds. The molecule has 5 nitrogen and oxygen atoms in total. The lowest BCUT2D eigenvalue weighted by molar-refractivity contribution is -0.131. The van der Waals surface area contributed by atoms with Crippen LogP contribution in [0.5, 0.6) is 0 Å². The standard InChI is InChI=1S/C13H26N2O3S2/c1-3-4-9-19-11(2)13(16)15-7-5-12(6-8-15)10-20(14,17)18/h11-12H,3-10H2,1-2H3,(H2,14,17,18). The number of nitrogens with two attached hydrogens (primary N) is 1. The average Bonchev–Trinajstić information content (AvgIpc) is 2.37. The van der Waals surface area contributed by atoms with E-state index in [1.807, 2.05) is 11.8 Å². The van der Waals surface area contributed by atoms with E-state index in [1.54, 1.807) is 11.8 Å². The molecule has 1 aliphatic rings. The van der Waals surface area contributed by atoms with Gasteiger partial charge in [-0.2, -0.15) is 0 Å². The van der Waals surface area contributed by atoms with Crippen LogP contribution >= 0.6 is 11.8 Å². The lowest BCUT2D eigenvalue weighted by Crippen LogP contribution is -2.43. The van der Waals surface area contributed by atoms with Gasteiger partial charge in [0.2, 0.25) is 15.9 Å². The zero-order valence-corrected chi connectivity index (χ0v) is 14.0. The number of primary sulfonamides is 1. The molecule has 0 aromatic heterocycles. The molecule has 1 aliphatic heterocycles. The van der Waals surface area contributed by atoms with E-state index >= 15 is 0 Å². The highest BCUT2D eigenvalue weighted by Crippen LogP contribution is 2.22. The third-order valence-electron chi connectivity index (χ3n) is 3.61. The van der Waals surface area contributed by atoms with Crippen LogP contribution in [0.1, 0.15) is 39.5 Å². The first-order chi connectivity index (χ1) is 9.33. The predicted octanol–water partition coefficient (Wildman–Crippen LogP) is 1.44. The second-order valence-corrected chi connectivity index (χ2v) is 8.57. The summed E-state index contributed by atoms with van der Waals surface area (Å²) in [5, 5.41) is 5.06. The summed E-state index contributed by atoms with van der Waals surface area (Å²) in [5.41, 5.74) is 0. The number of likely N-dealkylation sites (tertiary alicyclic amines) is 1. The number of thioether (sulfide) groups is 1. The van der Waals surface area contributed by atoms with Crippen molar-refractivity contribution in [2.45, 2.75) is 44.8 Å². The number of piperidine rings is 1. The molecule has 2 N–H and O–H groups in total. The SMILES string of the molecule is CCCCSC(C)C(=O)N1CCC(CS(N)(=O)=O)CC1. The van der Waals surface area contributed by atoms with E-state index in [0.29, 0.717) is 13.1 Å². The number of nitrogens with zero attached hydrogens (tertiary/aromatic N) is 1. The molecule has 1 fully saturated rings. The summed E-state index contributed by atoms with van der Waals surface area (Å²) in [6, 6.07) is 0. The Morgan fingerprint density at radius 2 is 2.00 bits per heavy atom. The van der Waals surface area contributed by atoms with E-state index in [9.17, 15) is 13.2 Å². The van der Waals surface area contributed by atoms with Gasteiger partial charge >= 0.3 is 0 Å². The Kier molecular flexibility index (Phi) is 7.33. The normalized spacial score (nSPS) is 19.1. The maximum atomic E-state index is 12.2.